The van der Waals surface area contributed by atoms with Gasteiger partial charge in [-0.25, -0.2) is 5.48 Å². The highest BCUT2D eigenvalue weighted by atomic mass is 35.5. The molecule has 2 unspecified atom stereocenters. The van der Waals surface area contributed by atoms with E-state index in [9.17, 15) is 13.6 Å². The molecule has 0 aromatic carbocycles. The van der Waals surface area contributed by atoms with Crippen LogP contribution in [0.4, 0.5) is 0 Å². The molecule has 0 aliphatic rings. The van der Waals surface area contributed by atoms with E-state index < -0.39 is 28.2 Å². The Morgan fingerprint density at radius 3 is 2.83 bits per heavy atom. The molecule has 2 rings (SSSR count). The fourth-order valence-electron chi connectivity index (χ4n) is 2.17. The van der Waals surface area contributed by atoms with E-state index in [4.69, 9.17) is 16.8 Å². The lowest BCUT2D eigenvalue weighted by atomic mass is 9.88. The van der Waals surface area contributed by atoms with Crippen molar-refractivity contribution in [2.24, 2.45) is 5.41 Å². The minimum atomic E-state index is -2.42. The van der Waals surface area contributed by atoms with Gasteiger partial charge >= 0.3 is 0 Å². The van der Waals surface area contributed by atoms with Crippen molar-refractivity contribution in [1.29, 1.82) is 0 Å². The van der Waals surface area contributed by atoms with Crippen molar-refractivity contribution < 1.29 is 18.8 Å². The molecule has 0 radical (unpaired) electrons. The van der Waals surface area contributed by atoms with E-state index in [1.165, 1.54) is 18.6 Å². The van der Waals surface area contributed by atoms with Crippen LogP contribution in [0.5, 0.6) is 0 Å². The minimum Gasteiger partial charge on any atom is -0.772 e. The van der Waals surface area contributed by atoms with Crippen molar-refractivity contribution in [2.45, 2.75) is 19.9 Å². The van der Waals surface area contributed by atoms with E-state index in [1.54, 1.807) is 29.2 Å². The summed E-state index contributed by atoms with van der Waals surface area (Å²) in [7, 11) is 0. The van der Waals surface area contributed by atoms with Crippen LogP contribution in [0.15, 0.2) is 30.7 Å². The van der Waals surface area contributed by atoms with Crippen molar-refractivity contribution in [1.82, 2.24) is 20.2 Å². The predicted molar refractivity (Wildman–Crippen MR) is 86.9 cm³/mol. The molecule has 130 valence electrons. The van der Waals surface area contributed by atoms with Crippen LogP contribution in [-0.4, -0.2) is 40.4 Å². The Hall–Kier alpha value is -1.81. The Morgan fingerprint density at radius 2 is 2.25 bits per heavy atom. The zero-order chi connectivity index (χ0) is 17.7. The van der Waals surface area contributed by atoms with Crippen molar-refractivity contribution in [3.63, 3.8) is 0 Å². The lowest BCUT2D eigenvalue weighted by Gasteiger charge is -2.27. The number of hydrogen-bond acceptors (Lipinski definition) is 6. The van der Waals surface area contributed by atoms with E-state index in [0.717, 1.165) is 5.56 Å². The molecule has 0 saturated carbocycles. The minimum absolute atomic E-state index is 0.183. The molecule has 0 saturated heterocycles. The highest BCUT2D eigenvalue weighted by molar-refractivity contribution is 7.79. The molecule has 2 N–H and O–H groups in total. The van der Waals surface area contributed by atoms with Gasteiger partial charge in [0.1, 0.15) is 0 Å². The first kappa shape index (κ1) is 18.5. The third-order valence-corrected chi connectivity index (χ3v) is 4.73. The molecule has 0 bridgehead atoms. The number of pyridine rings is 1. The topological polar surface area (TPSA) is 120 Å². The van der Waals surface area contributed by atoms with Crippen molar-refractivity contribution >= 4 is 28.6 Å². The monoisotopic (exact) mass is 371 g/mol. The molecule has 0 aliphatic heterocycles. The third kappa shape index (κ3) is 4.60. The van der Waals surface area contributed by atoms with Gasteiger partial charge in [-0.2, -0.15) is 5.10 Å². The first-order valence-corrected chi connectivity index (χ1v) is 8.61. The second-order valence-electron chi connectivity index (χ2n) is 5.55. The van der Waals surface area contributed by atoms with Crippen LogP contribution in [0, 0.1) is 5.41 Å². The first-order valence-electron chi connectivity index (χ1n) is 6.99. The number of nitrogens with zero attached hydrogens (tertiary/aromatic N) is 3. The molecule has 10 heteroatoms. The summed E-state index contributed by atoms with van der Waals surface area (Å²) in [6.07, 6.45) is 5.07. The summed E-state index contributed by atoms with van der Waals surface area (Å²) in [5.74, 6) is -1.15. The molecular weight excluding hydrogens is 356 g/mol. The van der Waals surface area contributed by atoms with Crippen LogP contribution >= 0.6 is 11.6 Å². The van der Waals surface area contributed by atoms with Crippen LogP contribution in [0.25, 0.3) is 11.3 Å². The fourth-order valence-corrected chi connectivity index (χ4v) is 3.08. The Labute approximate surface area is 146 Å². The summed E-state index contributed by atoms with van der Waals surface area (Å²) in [6, 6.07) is 3.47. The number of aryl methyl sites for hydroxylation is 1. The van der Waals surface area contributed by atoms with Gasteiger partial charge in [-0.3, -0.25) is 23.9 Å². The summed E-state index contributed by atoms with van der Waals surface area (Å²) < 4.78 is 23.5. The summed E-state index contributed by atoms with van der Waals surface area (Å²) in [4.78, 5) is 16.0. The molecule has 2 aromatic rings. The normalized spacial score (nSPS) is 14.8. The SMILES string of the molecule is CC(CCn1cc(-c2ccc(Cl)cn2)cn1)(CS(=O)[O-])C(=O)NO. The number of aromatic nitrogens is 3. The second-order valence-corrected chi connectivity index (χ2v) is 6.89. The summed E-state index contributed by atoms with van der Waals surface area (Å²) in [5.41, 5.74) is 1.73. The zero-order valence-corrected chi connectivity index (χ0v) is 14.4. The number of hydroxylamine groups is 1. The number of rotatable bonds is 7. The maximum Gasteiger partial charge on any atom is 0.250 e. The van der Waals surface area contributed by atoms with Gasteiger partial charge in [-0.15, -0.1) is 0 Å². The summed E-state index contributed by atoms with van der Waals surface area (Å²) in [5, 5.41) is 13.5. The third-order valence-electron chi connectivity index (χ3n) is 3.64. The smallest absolute Gasteiger partial charge is 0.250 e. The Kier molecular flexibility index (Phi) is 6.05. The van der Waals surface area contributed by atoms with Crippen molar-refractivity contribution in [3.8, 4) is 11.3 Å². The molecular formula is C14H16ClN4O4S-. The number of carbonyl (C=O) groups is 1. The van der Waals surface area contributed by atoms with E-state index in [-0.39, 0.29) is 6.42 Å². The first-order chi connectivity index (χ1) is 11.3. The Balaban J connectivity index is 2.09. The van der Waals surface area contributed by atoms with Crippen molar-refractivity contribution in [2.75, 3.05) is 5.75 Å². The number of amides is 1. The molecule has 1 amide bonds. The van der Waals surface area contributed by atoms with Gasteiger partial charge in [0.05, 0.1) is 22.3 Å². The van der Waals surface area contributed by atoms with E-state index in [2.05, 4.69) is 10.1 Å². The van der Waals surface area contributed by atoms with E-state index in [1.807, 2.05) is 0 Å². The summed E-state index contributed by atoms with van der Waals surface area (Å²) >= 11 is 3.38. The Bertz CT molecular complexity index is 737. The highest BCUT2D eigenvalue weighted by Gasteiger charge is 2.33. The summed E-state index contributed by atoms with van der Waals surface area (Å²) in [6.45, 7) is 1.77. The quantitative estimate of drug-likeness (QED) is 0.431. The van der Waals surface area contributed by atoms with Crippen LogP contribution in [0.2, 0.25) is 5.02 Å². The average Bonchev–Trinajstić information content (AvgIpc) is 3.01. The van der Waals surface area contributed by atoms with Crippen molar-refractivity contribution in [3.05, 3.63) is 35.7 Å². The molecule has 2 atom stereocenters. The van der Waals surface area contributed by atoms with Crippen LogP contribution < -0.4 is 5.48 Å². The van der Waals surface area contributed by atoms with Gasteiger partial charge < -0.3 is 4.55 Å². The van der Waals surface area contributed by atoms with Gasteiger partial charge in [0.15, 0.2) is 0 Å². The average molecular weight is 372 g/mol. The van der Waals surface area contributed by atoms with Gasteiger partial charge in [0.2, 0.25) is 5.91 Å². The molecule has 24 heavy (non-hydrogen) atoms. The van der Waals surface area contributed by atoms with E-state index in [0.29, 0.717) is 17.3 Å². The maximum atomic E-state index is 11.8. The fraction of sp³-hybridized carbons (Fsp3) is 0.357. The standard InChI is InChI=1S/C14H17ClN4O4S/c1-14(9-24(22)23,13(20)18-21)4-5-19-8-10(6-17-19)12-3-2-11(15)7-16-12/h2-3,6-8,21H,4-5,9H2,1H3,(H,18,20)(H,22,23)/p-1. The van der Waals surface area contributed by atoms with Gasteiger partial charge in [0, 0.05) is 30.3 Å². The number of halogens is 1. The molecule has 0 aliphatic carbocycles. The molecule has 0 fully saturated rings. The van der Waals surface area contributed by atoms with Gasteiger partial charge in [-0.05, 0) is 25.5 Å². The van der Waals surface area contributed by atoms with Crippen LogP contribution in [0.1, 0.15) is 13.3 Å². The molecule has 0 spiro atoms. The lowest BCUT2D eigenvalue weighted by molar-refractivity contribution is -0.138. The van der Waals surface area contributed by atoms with Gasteiger partial charge in [-0.1, -0.05) is 22.7 Å². The lowest BCUT2D eigenvalue weighted by Crippen LogP contribution is -2.42. The van der Waals surface area contributed by atoms with E-state index >= 15 is 0 Å². The predicted octanol–water partition coefficient (Wildman–Crippen LogP) is 1.38. The largest absolute Gasteiger partial charge is 0.772 e. The van der Waals surface area contributed by atoms with Crippen LogP contribution in [0.3, 0.4) is 0 Å². The molecule has 2 heterocycles. The maximum absolute atomic E-state index is 11.8. The zero-order valence-electron chi connectivity index (χ0n) is 12.8. The number of nitrogens with one attached hydrogen (secondary N) is 1. The second kappa shape index (κ2) is 7.84. The number of hydrogen-bond donors (Lipinski definition) is 2. The van der Waals surface area contributed by atoms with Crippen LogP contribution in [-0.2, 0) is 22.4 Å². The molecule has 8 nitrogen and oxygen atoms in total. The highest BCUT2D eigenvalue weighted by Crippen LogP contribution is 2.24. The number of carbonyl (C=O) groups excluding carboxylic acids is 1. The molecule has 2 aromatic heterocycles. The Morgan fingerprint density at radius 1 is 1.50 bits per heavy atom. The van der Waals surface area contributed by atoms with Gasteiger partial charge in [0.25, 0.3) is 0 Å².